The third kappa shape index (κ3) is 17.7. The first-order chi connectivity index (χ1) is 7.97. The van der Waals surface area contributed by atoms with Crippen LogP contribution in [0, 0.1) is 0 Å². The molecule has 0 fully saturated rings. The molecule has 0 saturated carbocycles. The van der Waals surface area contributed by atoms with E-state index in [0.29, 0.717) is 32.0 Å². The fraction of sp³-hybridized carbons (Fsp3) is 0.846. The number of amides is 1. The number of rotatable bonds is 7. The van der Waals surface area contributed by atoms with Gasteiger partial charge in [0.05, 0.1) is 6.54 Å². The molecule has 0 atom stereocenters. The molecule has 4 heteroatoms. The van der Waals surface area contributed by atoms with E-state index in [2.05, 4.69) is 24.5 Å². The van der Waals surface area contributed by atoms with Gasteiger partial charge >= 0.3 is 0 Å². The Kier molecular flexibility index (Phi) is 14.3. The summed E-state index contributed by atoms with van der Waals surface area (Å²) in [5, 5.41) is 5.68. The molecule has 0 aromatic heterocycles. The molecular formula is C13H32N2O2. The fourth-order valence-corrected chi connectivity index (χ4v) is 0.877. The van der Waals surface area contributed by atoms with Gasteiger partial charge in [0.15, 0.2) is 0 Å². The number of Topliss-reactive ketones (excluding diaryl/α,β-unsaturated/α-hetero) is 1. The average Bonchev–Trinajstić information content (AvgIpc) is 2.27. The van der Waals surface area contributed by atoms with Crippen molar-refractivity contribution < 1.29 is 12.4 Å². The quantitative estimate of drug-likeness (QED) is 0.727. The zero-order chi connectivity index (χ0) is 13.7. The summed E-state index contributed by atoms with van der Waals surface area (Å²) in [6, 6.07) is 0.304. The van der Waals surface area contributed by atoms with Crippen LogP contribution in [-0.2, 0) is 9.59 Å². The first kappa shape index (κ1) is 18.5. The number of hydrogen-bond acceptors (Lipinski definition) is 3. The van der Waals surface area contributed by atoms with E-state index < -0.39 is 0 Å². The topological polar surface area (TPSA) is 58.2 Å². The van der Waals surface area contributed by atoms with Gasteiger partial charge in [0, 0.05) is 28.3 Å². The number of hydrogen-bond donors (Lipinski definition) is 2. The highest BCUT2D eigenvalue weighted by atomic mass is 16.2. The van der Waals surface area contributed by atoms with Crippen LogP contribution in [0.5, 0.6) is 0 Å². The van der Waals surface area contributed by atoms with Gasteiger partial charge in [-0.3, -0.25) is 9.59 Å². The minimum atomic E-state index is -0.0531. The lowest BCUT2D eigenvalue weighted by atomic mass is 10.2. The van der Waals surface area contributed by atoms with E-state index in [1.807, 2.05) is 20.8 Å². The molecule has 0 aliphatic carbocycles. The van der Waals surface area contributed by atoms with E-state index in [9.17, 15) is 9.59 Å². The first-order valence-corrected chi connectivity index (χ1v) is 6.49. The Balaban J connectivity index is -0.000000204. The zero-order valence-electron chi connectivity index (χ0n) is 11.9. The minimum Gasteiger partial charge on any atom is -0.355 e. The predicted octanol–water partition coefficient (Wildman–Crippen LogP) is 2.38. The fourth-order valence-electron chi connectivity index (χ4n) is 0.877. The highest BCUT2D eigenvalue weighted by Crippen LogP contribution is 1.86. The third-order valence-electron chi connectivity index (χ3n) is 1.79. The Morgan fingerprint density at radius 1 is 1.18 bits per heavy atom. The van der Waals surface area contributed by atoms with Gasteiger partial charge in [0.1, 0.15) is 5.78 Å². The van der Waals surface area contributed by atoms with E-state index in [1.165, 1.54) is 6.42 Å². The van der Waals surface area contributed by atoms with Crippen molar-refractivity contribution in [3.63, 3.8) is 0 Å². The Labute approximate surface area is 109 Å². The van der Waals surface area contributed by atoms with Gasteiger partial charge in [0.25, 0.3) is 0 Å². The maximum atomic E-state index is 11.1. The molecule has 1 amide bonds. The minimum absolute atomic E-state index is 0. The number of carbonyl (C=O) groups excluding carboxylic acids is 2. The SMILES string of the molecule is CCC.CCC(=O)CCNC(=O)CNC(C)C.[HH].[HH]. The summed E-state index contributed by atoms with van der Waals surface area (Å²) in [5.74, 6) is 0.129. The monoisotopic (exact) mass is 248 g/mol. The lowest BCUT2D eigenvalue weighted by molar-refractivity contribution is -0.121. The molecule has 0 aromatic rings. The van der Waals surface area contributed by atoms with Crippen molar-refractivity contribution in [3.8, 4) is 0 Å². The Hall–Kier alpha value is -0.900. The first-order valence-electron chi connectivity index (χ1n) is 6.49. The van der Waals surface area contributed by atoms with Gasteiger partial charge in [-0.1, -0.05) is 41.0 Å². The molecule has 0 saturated heterocycles. The van der Waals surface area contributed by atoms with Crippen LogP contribution in [0.15, 0.2) is 0 Å². The summed E-state index contributed by atoms with van der Waals surface area (Å²) < 4.78 is 0. The second-order valence-corrected chi connectivity index (χ2v) is 4.23. The van der Waals surface area contributed by atoms with Crippen LogP contribution in [0.2, 0.25) is 0 Å². The number of ketones is 1. The van der Waals surface area contributed by atoms with Crippen LogP contribution in [0.3, 0.4) is 0 Å². The summed E-state index contributed by atoms with van der Waals surface area (Å²) in [5.41, 5.74) is 0. The summed E-state index contributed by atoms with van der Waals surface area (Å²) >= 11 is 0. The molecule has 0 heterocycles. The summed E-state index contributed by atoms with van der Waals surface area (Å²) in [4.78, 5) is 22.0. The molecule has 0 bridgehead atoms. The second-order valence-electron chi connectivity index (χ2n) is 4.23. The van der Waals surface area contributed by atoms with E-state index in [-0.39, 0.29) is 14.5 Å². The molecule has 0 aliphatic heterocycles. The maximum absolute atomic E-state index is 11.1. The van der Waals surface area contributed by atoms with Gasteiger partial charge < -0.3 is 10.6 Å². The Morgan fingerprint density at radius 3 is 2.12 bits per heavy atom. The Morgan fingerprint density at radius 2 is 1.71 bits per heavy atom. The lowest BCUT2D eigenvalue weighted by Gasteiger charge is -2.08. The van der Waals surface area contributed by atoms with Crippen LogP contribution < -0.4 is 10.6 Å². The van der Waals surface area contributed by atoms with Crippen molar-refractivity contribution in [2.75, 3.05) is 13.1 Å². The smallest absolute Gasteiger partial charge is 0.233 e. The largest absolute Gasteiger partial charge is 0.355 e. The van der Waals surface area contributed by atoms with Gasteiger partial charge in [0.2, 0.25) is 5.91 Å². The van der Waals surface area contributed by atoms with Crippen molar-refractivity contribution in [2.45, 2.75) is 59.9 Å². The van der Waals surface area contributed by atoms with Crippen LogP contribution >= 0.6 is 0 Å². The molecule has 0 spiro atoms. The highest BCUT2D eigenvalue weighted by molar-refractivity contribution is 5.80. The van der Waals surface area contributed by atoms with E-state index >= 15 is 0 Å². The summed E-state index contributed by atoms with van der Waals surface area (Å²) in [6.07, 6.45) is 2.23. The van der Waals surface area contributed by atoms with E-state index in [4.69, 9.17) is 0 Å². The highest BCUT2D eigenvalue weighted by Gasteiger charge is 2.02. The van der Waals surface area contributed by atoms with Crippen molar-refractivity contribution in [3.05, 3.63) is 0 Å². The van der Waals surface area contributed by atoms with Gasteiger partial charge in [-0.25, -0.2) is 0 Å². The van der Waals surface area contributed by atoms with E-state index in [1.54, 1.807) is 0 Å². The van der Waals surface area contributed by atoms with Crippen molar-refractivity contribution in [1.82, 2.24) is 10.6 Å². The summed E-state index contributed by atoms with van der Waals surface area (Å²) in [6.45, 7) is 10.8. The molecule has 0 aromatic carbocycles. The Bertz CT molecular complexity index is 213. The molecule has 2 N–H and O–H groups in total. The molecule has 0 aliphatic rings. The normalized spacial score (nSPS) is 9.53. The molecule has 0 radical (unpaired) electrons. The zero-order valence-corrected chi connectivity index (χ0v) is 11.9. The maximum Gasteiger partial charge on any atom is 0.233 e. The summed E-state index contributed by atoms with van der Waals surface area (Å²) in [7, 11) is 0. The number of carbonyl (C=O) groups is 2. The molecule has 106 valence electrons. The molecule has 17 heavy (non-hydrogen) atoms. The van der Waals surface area contributed by atoms with Crippen LogP contribution in [0.4, 0.5) is 0 Å². The van der Waals surface area contributed by atoms with Gasteiger partial charge in [-0.05, 0) is 0 Å². The third-order valence-corrected chi connectivity index (χ3v) is 1.79. The number of nitrogens with one attached hydrogen (secondary N) is 2. The van der Waals surface area contributed by atoms with Crippen molar-refractivity contribution >= 4 is 11.7 Å². The predicted molar refractivity (Wildman–Crippen MR) is 76.3 cm³/mol. The van der Waals surface area contributed by atoms with Crippen LogP contribution in [-0.4, -0.2) is 30.8 Å². The second kappa shape index (κ2) is 13.2. The van der Waals surface area contributed by atoms with Gasteiger partial charge in [-0.15, -0.1) is 0 Å². The standard InChI is InChI=1S/C10H20N2O2.C3H8.2H2/c1-4-9(13)5-6-11-10(14)7-12-8(2)3;1-3-2;;/h8,12H,4-7H2,1-3H3,(H,11,14);3H2,1-2H3;2*1H. The molecule has 4 nitrogen and oxygen atoms in total. The van der Waals surface area contributed by atoms with Crippen molar-refractivity contribution in [2.24, 2.45) is 0 Å². The van der Waals surface area contributed by atoms with Crippen LogP contribution in [0.1, 0.15) is 56.7 Å². The molecule has 0 rings (SSSR count). The molecule has 0 unspecified atom stereocenters. The van der Waals surface area contributed by atoms with Crippen LogP contribution in [0.25, 0.3) is 0 Å². The van der Waals surface area contributed by atoms with Crippen molar-refractivity contribution in [1.29, 1.82) is 0 Å². The van der Waals surface area contributed by atoms with E-state index in [0.717, 1.165) is 0 Å². The average molecular weight is 248 g/mol. The van der Waals surface area contributed by atoms with Gasteiger partial charge in [-0.2, -0.15) is 0 Å². The lowest BCUT2D eigenvalue weighted by Crippen LogP contribution is -2.37. The molecular weight excluding hydrogens is 216 g/mol.